The molecule has 154 valence electrons. The molecule has 0 aliphatic heterocycles. The average molecular weight is 422 g/mol. The number of Topliss-reactive ketones (excluding diaryl/α,β-unsaturated/α-hetero) is 1. The van der Waals surface area contributed by atoms with E-state index in [1.165, 1.54) is 11.3 Å². The third-order valence-electron chi connectivity index (χ3n) is 5.34. The van der Waals surface area contributed by atoms with E-state index in [1.807, 2.05) is 35.7 Å². The number of benzene rings is 1. The van der Waals surface area contributed by atoms with Crippen LogP contribution in [0, 0.1) is 0 Å². The number of ketones is 1. The fraction of sp³-hybridized carbons (Fsp3) is 0.304. The number of nitrogens with one attached hydrogen (secondary N) is 2. The molecular formula is C23H23N3O3S. The molecule has 1 aliphatic rings. The Balaban J connectivity index is 1.40. The zero-order chi connectivity index (χ0) is 20.9. The summed E-state index contributed by atoms with van der Waals surface area (Å²) in [4.78, 5) is 37.1. The second-order valence-electron chi connectivity index (χ2n) is 7.49. The lowest BCUT2D eigenvalue weighted by Crippen LogP contribution is -2.23. The zero-order valence-electron chi connectivity index (χ0n) is 16.6. The molecule has 1 aliphatic carbocycles. The van der Waals surface area contributed by atoms with Crippen LogP contribution in [0.5, 0.6) is 0 Å². The van der Waals surface area contributed by atoms with Crippen LogP contribution in [-0.4, -0.2) is 21.9 Å². The van der Waals surface area contributed by atoms with Gasteiger partial charge in [0, 0.05) is 30.5 Å². The molecule has 0 radical (unpaired) electrons. The van der Waals surface area contributed by atoms with Crippen LogP contribution in [0.15, 0.2) is 46.6 Å². The van der Waals surface area contributed by atoms with E-state index in [1.54, 1.807) is 6.07 Å². The smallest absolute Gasteiger partial charge is 0.267 e. The van der Waals surface area contributed by atoms with Crippen molar-refractivity contribution in [1.82, 2.24) is 10.2 Å². The molecule has 2 aromatic heterocycles. The lowest BCUT2D eigenvalue weighted by Gasteiger charge is -2.17. The quantitative estimate of drug-likeness (QED) is 0.566. The van der Waals surface area contributed by atoms with Gasteiger partial charge in [0.05, 0.1) is 10.6 Å². The van der Waals surface area contributed by atoms with Crippen LogP contribution in [0.25, 0.3) is 0 Å². The van der Waals surface area contributed by atoms with Crippen molar-refractivity contribution in [3.8, 4) is 0 Å². The lowest BCUT2D eigenvalue weighted by molar-refractivity contribution is -0.116. The molecule has 4 rings (SSSR count). The molecule has 0 saturated heterocycles. The number of thiophene rings is 1. The Bertz CT molecular complexity index is 1120. The Hall–Kier alpha value is -3.06. The number of rotatable bonds is 7. The fourth-order valence-corrected chi connectivity index (χ4v) is 4.53. The molecule has 0 spiro atoms. The van der Waals surface area contributed by atoms with E-state index in [-0.39, 0.29) is 30.1 Å². The Morgan fingerprint density at radius 1 is 1.07 bits per heavy atom. The summed E-state index contributed by atoms with van der Waals surface area (Å²) in [7, 11) is 0. The summed E-state index contributed by atoms with van der Waals surface area (Å²) >= 11 is 1.39. The van der Waals surface area contributed by atoms with E-state index in [0.717, 1.165) is 48.1 Å². The first-order chi connectivity index (χ1) is 14.6. The molecule has 0 atom stereocenters. The van der Waals surface area contributed by atoms with Crippen LogP contribution >= 0.6 is 11.3 Å². The standard InChI is InChI=1S/C23H23N3O3S/c27-20(21-9-4-12-30-21)10-11-22(28)24-16-6-3-5-15(13-16)14-19-17-7-1-2-8-18(17)23(29)26-25-19/h3-6,9,12-13H,1-2,7-8,10-11,14H2,(H,24,28)(H,26,29). The highest BCUT2D eigenvalue weighted by Gasteiger charge is 2.18. The number of nitrogens with zero attached hydrogens (tertiary/aromatic N) is 1. The van der Waals surface area contributed by atoms with Crippen molar-refractivity contribution in [1.29, 1.82) is 0 Å². The molecule has 0 bridgehead atoms. The topological polar surface area (TPSA) is 91.9 Å². The van der Waals surface area contributed by atoms with Crippen LogP contribution < -0.4 is 10.9 Å². The first-order valence-corrected chi connectivity index (χ1v) is 11.0. The highest BCUT2D eigenvalue weighted by Crippen LogP contribution is 2.23. The second-order valence-corrected chi connectivity index (χ2v) is 8.44. The number of hydrogen-bond donors (Lipinski definition) is 2. The second kappa shape index (κ2) is 9.17. The van der Waals surface area contributed by atoms with Gasteiger partial charge in [-0.05, 0) is 60.4 Å². The fourth-order valence-electron chi connectivity index (χ4n) is 3.84. The van der Waals surface area contributed by atoms with Crippen molar-refractivity contribution < 1.29 is 9.59 Å². The third-order valence-corrected chi connectivity index (χ3v) is 6.25. The maximum Gasteiger partial charge on any atom is 0.267 e. The van der Waals surface area contributed by atoms with Crippen molar-refractivity contribution in [2.24, 2.45) is 0 Å². The monoisotopic (exact) mass is 421 g/mol. The van der Waals surface area contributed by atoms with Crippen LogP contribution in [0.3, 0.4) is 0 Å². The first-order valence-electron chi connectivity index (χ1n) is 10.1. The molecule has 6 nitrogen and oxygen atoms in total. The average Bonchev–Trinajstić information content (AvgIpc) is 3.30. The molecule has 2 N–H and O–H groups in total. The Morgan fingerprint density at radius 2 is 1.90 bits per heavy atom. The molecule has 0 saturated carbocycles. The Labute approximate surface area is 178 Å². The number of anilines is 1. The number of carbonyl (C=O) groups excluding carboxylic acids is 2. The highest BCUT2D eigenvalue weighted by atomic mass is 32.1. The lowest BCUT2D eigenvalue weighted by atomic mass is 9.90. The van der Waals surface area contributed by atoms with Gasteiger partial charge in [-0.1, -0.05) is 18.2 Å². The van der Waals surface area contributed by atoms with Gasteiger partial charge in [0.15, 0.2) is 5.78 Å². The van der Waals surface area contributed by atoms with Crippen molar-refractivity contribution in [2.75, 3.05) is 5.32 Å². The normalized spacial score (nSPS) is 12.9. The minimum Gasteiger partial charge on any atom is -0.326 e. The van der Waals surface area contributed by atoms with Gasteiger partial charge in [-0.3, -0.25) is 14.4 Å². The van der Waals surface area contributed by atoms with Crippen LogP contribution in [0.4, 0.5) is 5.69 Å². The minimum atomic E-state index is -0.184. The molecule has 0 fully saturated rings. The van der Waals surface area contributed by atoms with Crippen LogP contribution in [0.1, 0.15) is 57.7 Å². The highest BCUT2D eigenvalue weighted by molar-refractivity contribution is 7.12. The molecule has 7 heteroatoms. The number of hydrogen-bond acceptors (Lipinski definition) is 5. The van der Waals surface area contributed by atoms with Gasteiger partial charge in [-0.2, -0.15) is 5.10 Å². The number of H-pyrrole nitrogens is 1. The van der Waals surface area contributed by atoms with Gasteiger partial charge in [0.1, 0.15) is 0 Å². The molecule has 30 heavy (non-hydrogen) atoms. The number of aromatic amines is 1. The van der Waals surface area contributed by atoms with Gasteiger partial charge in [-0.15, -0.1) is 11.3 Å². The summed E-state index contributed by atoms with van der Waals surface area (Å²) in [5.41, 5.74) is 4.47. The van der Waals surface area contributed by atoms with Crippen LogP contribution in [-0.2, 0) is 24.1 Å². The summed E-state index contributed by atoms with van der Waals surface area (Å²) in [6, 6.07) is 11.2. The minimum absolute atomic E-state index is 0.0113. The van der Waals surface area contributed by atoms with E-state index >= 15 is 0 Å². The molecule has 0 unspecified atom stereocenters. The number of aromatic nitrogens is 2. The summed E-state index contributed by atoms with van der Waals surface area (Å²) in [6.45, 7) is 0. The van der Waals surface area contributed by atoms with E-state index in [4.69, 9.17) is 0 Å². The summed E-state index contributed by atoms with van der Waals surface area (Å²) < 4.78 is 0. The number of fused-ring (bicyclic) bond motifs is 1. The summed E-state index contributed by atoms with van der Waals surface area (Å²) in [6.07, 6.45) is 4.74. The molecule has 2 heterocycles. The Kier molecular flexibility index (Phi) is 6.18. The largest absolute Gasteiger partial charge is 0.326 e. The van der Waals surface area contributed by atoms with E-state index in [2.05, 4.69) is 15.5 Å². The summed E-state index contributed by atoms with van der Waals surface area (Å²) in [5, 5.41) is 11.6. The molecule has 3 aromatic rings. The van der Waals surface area contributed by atoms with Gasteiger partial charge < -0.3 is 5.32 Å². The van der Waals surface area contributed by atoms with Crippen molar-refractivity contribution in [3.05, 3.63) is 79.4 Å². The number of amides is 1. The van der Waals surface area contributed by atoms with E-state index in [0.29, 0.717) is 17.0 Å². The first kappa shape index (κ1) is 20.2. The van der Waals surface area contributed by atoms with E-state index in [9.17, 15) is 14.4 Å². The summed E-state index contributed by atoms with van der Waals surface area (Å²) in [5.74, 6) is -0.195. The van der Waals surface area contributed by atoms with E-state index < -0.39 is 0 Å². The SMILES string of the molecule is O=C(CCC(=O)c1cccs1)Nc1cccc(Cc2n[nH]c(=O)c3c2CCCC3)c1. The maximum absolute atomic E-state index is 12.3. The van der Waals surface area contributed by atoms with Gasteiger partial charge in [0.25, 0.3) is 5.56 Å². The predicted octanol–water partition coefficient (Wildman–Crippen LogP) is 3.90. The van der Waals surface area contributed by atoms with Crippen molar-refractivity contribution in [3.63, 3.8) is 0 Å². The zero-order valence-corrected chi connectivity index (χ0v) is 17.4. The van der Waals surface area contributed by atoms with Gasteiger partial charge in [-0.25, -0.2) is 5.10 Å². The van der Waals surface area contributed by atoms with Gasteiger partial charge >= 0.3 is 0 Å². The Morgan fingerprint density at radius 3 is 2.70 bits per heavy atom. The third kappa shape index (κ3) is 4.74. The molecule has 1 amide bonds. The molecular weight excluding hydrogens is 398 g/mol. The molecule has 1 aromatic carbocycles. The van der Waals surface area contributed by atoms with Crippen LogP contribution in [0.2, 0.25) is 0 Å². The predicted molar refractivity (Wildman–Crippen MR) is 117 cm³/mol. The van der Waals surface area contributed by atoms with Crippen molar-refractivity contribution >= 4 is 28.7 Å². The number of carbonyl (C=O) groups is 2. The van der Waals surface area contributed by atoms with Crippen molar-refractivity contribution in [2.45, 2.75) is 44.9 Å². The maximum atomic E-state index is 12.3. The van der Waals surface area contributed by atoms with Gasteiger partial charge in [0.2, 0.25) is 5.91 Å².